The van der Waals surface area contributed by atoms with Gasteiger partial charge in [0.15, 0.2) is 9.84 Å². The van der Waals surface area contributed by atoms with Crippen LogP contribution in [0.3, 0.4) is 0 Å². The molecule has 0 fully saturated rings. The maximum absolute atomic E-state index is 11.6. The van der Waals surface area contributed by atoms with Gasteiger partial charge in [0.1, 0.15) is 4.21 Å². The molecule has 0 saturated carbocycles. The van der Waals surface area contributed by atoms with Gasteiger partial charge in [-0.1, -0.05) is 11.6 Å². The highest BCUT2D eigenvalue weighted by molar-refractivity contribution is 7.93. The van der Waals surface area contributed by atoms with Crippen molar-refractivity contribution >= 4 is 32.8 Å². The Morgan fingerprint density at radius 3 is 2.71 bits per heavy atom. The van der Waals surface area contributed by atoms with E-state index in [1.54, 1.807) is 19.2 Å². The molecule has 1 aromatic rings. The van der Waals surface area contributed by atoms with Crippen molar-refractivity contribution in [3.8, 4) is 0 Å². The first-order valence-corrected chi connectivity index (χ1v) is 7.03. The van der Waals surface area contributed by atoms with E-state index in [0.717, 1.165) is 11.3 Å². The number of nitrogens with one attached hydrogen (secondary N) is 1. The smallest absolute Gasteiger partial charge is 0.187 e. The van der Waals surface area contributed by atoms with Crippen molar-refractivity contribution in [1.29, 1.82) is 0 Å². The lowest BCUT2D eigenvalue weighted by atomic mass is 10.5. The van der Waals surface area contributed by atoms with Crippen LogP contribution >= 0.6 is 22.9 Å². The summed E-state index contributed by atoms with van der Waals surface area (Å²) in [6.07, 6.45) is 0.619. The van der Waals surface area contributed by atoms with Crippen LogP contribution in [0.2, 0.25) is 4.34 Å². The molecule has 1 heterocycles. The van der Waals surface area contributed by atoms with E-state index in [2.05, 4.69) is 5.32 Å². The third kappa shape index (κ3) is 3.24. The van der Waals surface area contributed by atoms with Crippen molar-refractivity contribution < 1.29 is 8.42 Å². The fourth-order valence-corrected chi connectivity index (χ4v) is 3.95. The molecule has 1 N–H and O–H groups in total. The molecular formula is C8H12ClNO2S2. The zero-order chi connectivity index (χ0) is 10.6. The molecule has 3 nitrogen and oxygen atoms in total. The highest BCUT2D eigenvalue weighted by Gasteiger charge is 2.15. The van der Waals surface area contributed by atoms with Gasteiger partial charge in [-0.15, -0.1) is 11.3 Å². The Balaban J connectivity index is 2.66. The average molecular weight is 254 g/mol. The standard InChI is InChI=1S/C8H12ClNO2S2/c1-10-5-2-6-14(11,12)8-4-3-7(9)13-8/h3-4,10H,2,5-6H2,1H3. The Kier molecular flexibility index (Phi) is 4.37. The van der Waals surface area contributed by atoms with Gasteiger partial charge in [-0.25, -0.2) is 8.42 Å². The Hall–Kier alpha value is -0.100. The van der Waals surface area contributed by atoms with Crippen LogP contribution in [-0.2, 0) is 9.84 Å². The van der Waals surface area contributed by atoms with Crippen LogP contribution in [0.15, 0.2) is 16.3 Å². The number of halogens is 1. The lowest BCUT2D eigenvalue weighted by Gasteiger charge is -2.00. The molecule has 0 radical (unpaired) electrons. The summed E-state index contributed by atoms with van der Waals surface area (Å²) in [6.45, 7) is 0.707. The summed E-state index contributed by atoms with van der Waals surface area (Å²) in [6, 6.07) is 3.17. The van der Waals surface area contributed by atoms with Gasteiger partial charge in [-0.05, 0) is 32.1 Å². The van der Waals surface area contributed by atoms with Crippen LogP contribution in [0.4, 0.5) is 0 Å². The summed E-state index contributed by atoms with van der Waals surface area (Å²) >= 11 is 6.78. The van der Waals surface area contributed by atoms with Gasteiger partial charge >= 0.3 is 0 Å². The van der Waals surface area contributed by atoms with Crippen molar-refractivity contribution in [2.24, 2.45) is 0 Å². The molecule has 1 rings (SSSR count). The van der Waals surface area contributed by atoms with E-state index >= 15 is 0 Å². The Bertz CT molecular complexity index is 386. The lowest BCUT2D eigenvalue weighted by molar-refractivity contribution is 0.594. The number of rotatable bonds is 5. The summed E-state index contributed by atoms with van der Waals surface area (Å²) in [5.41, 5.74) is 0. The van der Waals surface area contributed by atoms with E-state index in [-0.39, 0.29) is 5.75 Å². The molecule has 0 spiro atoms. The Morgan fingerprint density at radius 1 is 1.50 bits per heavy atom. The third-order valence-corrected chi connectivity index (χ3v) is 5.31. The van der Waals surface area contributed by atoms with Crippen molar-refractivity contribution in [3.63, 3.8) is 0 Å². The second kappa shape index (κ2) is 5.11. The molecule has 14 heavy (non-hydrogen) atoms. The van der Waals surface area contributed by atoms with E-state index in [9.17, 15) is 8.42 Å². The van der Waals surface area contributed by atoms with Gasteiger partial charge in [-0.3, -0.25) is 0 Å². The summed E-state index contributed by atoms with van der Waals surface area (Å²) in [7, 11) is -1.32. The molecule has 0 saturated heterocycles. The van der Waals surface area contributed by atoms with E-state index < -0.39 is 9.84 Å². The third-order valence-electron chi connectivity index (χ3n) is 1.69. The quantitative estimate of drug-likeness (QED) is 0.814. The first-order valence-electron chi connectivity index (χ1n) is 4.19. The SMILES string of the molecule is CNCCCS(=O)(=O)c1ccc(Cl)s1. The average Bonchev–Trinajstić information content (AvgIpc) is 2.53. The zero-order valence-corrected chi connectivity index (χ0v) is 10.2. The predicted molar refractivity (Wildman–Crippen MR) is 59.9 cm³/mol. The summed E-state index contributed by atoms with van der Waals surface area (Å²) in [5.74, 6) is 0.171. The number of hydrogen-bond donors (Lipinski definition) is 1. The molecule has 0 aliphatic heterocycles. The van der Waals surface area contributed by atoms with E-state index in [1.165, 1.54) is 0 Å². The summed E-state index contributed by atoms with van der Waals surface area (Å²) in [4.78, 5) is 0. The van der Waals surface area contributed by atoms with Gasteiger partial charge in [-0.2, -0.15) is 0 Å². The minimum absolute atomic E-state index is 0.171. The Labute approximate surface area is 93.0 Å². The molecular weight excluding hydrogens is 242 g/mol. The molecule has 0 bridgehead atoms. The largest absolute Gasteiger partial charge is 0.320 e. The van der Waals surface area contributed by atoms with Crippen LogP contribution in [0.1, 0.15) is 6.42 Å². The minimum Gasteiger partial charge on any atom is -0.320 e. The summed E-state index contributed by atoms with van der Waals surface area (Å²) < 4.78 is 24.2. The van der Waals surface area contributed by atoms with Crippen molar-refractivity contribution in [1.82, 2.24) is 5.32 Å². The lowest BCUT2D eigenvalue weighted by Crippen LogP contribution is -2.13. The summed E-state index contributed by atoms with van der Waals surface area (Å²) in [5, 5.41) is 2.91. The van der Waals surface area contributed by atoms with Gasteiger partial charge in [0.25, 0.3) is 0 Å². The maximum Gasteiger partial charge on any atom is 0.187 e. The van der Waals surface area contributed by atoms with E-state index in [4.69, 9.17) is 11.6 Å². The predicted octanol–water partition coefficient (Wildman–Crippen LogP) is 1.78. The van der Waals surface area contributed by atoms with Crippen molar-refractivity contribution in [2.75, 3.05) is 19.3 Å². The highest BCUT2D eigenvalue weighted by atomic mass is 35.5. The molecule has 0 amide bonds. The molecule has 6 heteroatoms. The molecule has 0 aliphatic rings. The monoisotopic (exact) mass is 253 g/mol. The second-order valence-corrected chi connectivity index (χ2v) is 6.89. The highest BCUT2D eigenvalue weighted by Crippen LogP contribution is 2.26. The normalized spacial score (nSPS) is 11.9. The molecule has 80 valence electrons. The topological polar surface area (TPSA) is 46.2 Å². The Morgan fingerprint density at radius 2 is 2.21 bits per heavy atom. The van der Waals surface area contributed by atoms with Crippen LogP contribution in [0, 0.1) is 0 Å². The number of hydrogen-bond acceptors (Lipinski definition) is 4. The second-order valence-electron chi connectivity index (χ2n) is 2.83. The fraction of sp³-hybridized carbons (Fsp3) is 0.500. The number of thiophene rings is 1. The minimum atomic E-state index is -3.12. The molecule has 1 aromatic heterocycles. The molecule has 0 aliphatic carbocycles. The van der Waals surface area contributed by atoms with Gasteiger partial charge in [0, 0.05) is 0 Å². The first kappa shape index (κ1) is 12.0. The molecule has 0 atom stereocenters. The van der Waals surface area contributed by atoms with Crippen LogP contribution in [0.5, 0.6) is 0 Å². The fourth-order valence-electron chi connectivity index (χ4n) is 1.00. The maximum atomic E-state index is 11.6. The van der Waals surface area contributed by atoms with Crippen molar-refractivity contribution in [2.45, 2.75) is 10.6 Å². The van der Waals surface area contributed by atoms with Gasteiger partial charge in [0.05, 0.1) is 10.1 Å². The van der Waals surface area contributed by atoms with E-state index in [1.807, 2.05) is 0 Å². The zero-order valence-electron chi connectivity index (χ0n) is 7.79. The van der Waals surface area contributed by atoms with Crippen molar-refractivity contribution in [3.05, 3.63) is 16.5 Å². The van der Waals surface area contributed by atoms with Gasteiger partial charge in [0.2, 0.25) is 0 Å². The van der Waals surface area contributed by atoms with Crippen LogP contribution in [0.25, 0.3) is 0 Å². The van der Waals surface area contributed by atoms with Crippen LogP contribution in [-0.4, -0.2) is 27.8 Å². The molecule has 0 aromatic carbocycles. The first-order chi connectivity index (χ1) is 6.56. The number of sulfone groups is 1. The molecule has 0 unspecified atom stereocenters. The van der Waals surface area contributed by atoms with Gasteiger partial charge < -0.3 is 5.32 Å². The van der Waals surface area contributed by atoms with E-state index in [0.29, 0.717) is 21.5 Å². The van der Waals surface area contributed by atoms with Crippen LogP contribution < -0.4 is 5.32 Å².